The van der Waals surface area contributed by atoms with Crippen molar-refractivity contribution in [2.24, 2.45) is 11.8 Å². The third kappa shape index (κ3) is 2.80. The fraction of sp³-hybridized carbons (Fsp3) is 0.417. The van der Waals surface area contributed by atoms with Gasteiger partial charge in [-0.2, -0.15) is 0 Å². The molecule has 3 fully saturated rings. The minimum atomic E-state index is -0.898. The molecule has 4 heterocycles. The number of rotatable bonds is 2. The van der Waals surface area contributed by atoms with Crippen LogP contribution < -0.4 is 40.2 Å². The van der Waals surface area contributed by atoms with Crippen LogP contribution in [0.2, 0.25) is 0 Å². The molecule has 176 valence electrons. The molecule has 2 aromatic carbocycles. The van der Waals surface area contributed by atoms with E-state index in [0.29, 0.717) is 23.0 Å². The summed E-state index contributed by atoms with van der Waals surface area (Å²) in [5.74, 6) is 2.59. The molecule has 0 radical (unpaired) electrons. The summed E-state index contributed by atoms with van der Waals surface area (Å²) >= 11 is 0. The van der Waals surface area contributed by atoms with E-state index in [1.165, 1.54) is 0 Å². The quantitative estimate of drug-likeness (QED) is 0.543. The van der Waals surface area contributed by atoms with Crippen LogP contribution in [0, 0.1) is 11.8 Å². The molecule has 10 heteroatoms. The highest BCUT2D eigenvalue weighted by Gasteiger charge is 2.60. The number of nitrogens with one attached hydrogen (secondary N) is 4. The number of carbonyl (C=O) groups excluding carboxylic acids is 2. The van der Waals surface area contributed by atoms with Crippen molar-refractivity contribution in [2.75, 3.05) is 13.6 Å². The van der Waals surface area contributed by atoms with Crippen LogP contribution in [0.4, 0.5) is 9.59 Å². The number of amides is 4. The number of fused-ring (bicyclic) bond motifs is 2. The lowest BCUT2D eigenvalue weighted by Crippen LogP contribution is -2.80. The van der Waals surface area contributed by atoms with E-state index in [2.05, 4.69) is 21.3 Å². The van der Waals surface area contributed by atoms with Gasteiger partial charge < -0.3 is 40.2 Å². The molecule has 2 aromatic rings. The zero-order chi connectivity index (χ0) is 22.9. The SMILES string of the molecule is O=C1NC(c2ccc3c(c2)OCO3)C2CCCC3C(c4ccc5c(c4)OCO5)NC(=O)NC23N1. The number of hydrogen-bond donors (Lipinski definition) is 4. The van der Waals surface area contributed by atoms with E-state index in [1.807, 2.05) is 36.4 Å². The van der Waals surface area contributed by atoms with E-state index in [9.17, 15) is 9.59 Å². The Hall–Kier alpha value is -3.82. The molecule has 5 aliphatic rings. The lowest BCUT2D eigenvalue weighted by Gasteiger charge is -2.59. The first kappa shape index (κ1) is 19.6. The zero-order valence-corrected chi connectivity index (χ0v) is 18.3. The molecule has 4 atom stereocenters. The maximum absolute atomic E-state index is 13.0. The van der Waals surface area contributed by atoms with Crippen LogP contribution in [0.5, 0.6) is 23.0 Å². The van der Waals surface area contributed by atoms with Crippen LogP contribution in [0.15, 0.2) is 36.4 Å². The largest absolute Gasteiger partial charge is 0.454 e. The second-order valence-corrected chi connectivity index (χ2v) is 9.39. The average molecular weight is 464 g/mol. The van der Waals surface area contributed by atoms with Crippen molar-refractivity contribution in [3.63, 3.8) is 0 Å². The Morgan fingerprint density at radius 2 is 1.15 bits per heavy atom. The Balaban J connectivity index is 1.29. The summed E-state index contributed by atoms with van der Waals surface area (Å²) in [5, 5.41) is 12.5. The van der Waals surface area contributed by atoms with E-state index in [1.54, 1.807) is 0 Å². The Bertz CT molecular complexity index is 1110. The maximum atomic E-state index is 13.0. The summed E-state index contributed by atoms with van der Waals surface area (Å²) in [7, 11) is 0. The zero-order valence-electron chi connectivity index (χ0n) is 18.3. The van der Waals surface area contributed by atoms with Gasteiger partial charge in [0.25, 0.3) is 0 Å². The summed E-state index contributed by atoms with van der Waals surface area (Å²) in [6.45, 7) is 0.373. The number of carbonyl (C=O) groups is 2. The number of urea groups is 2. The van der Waals surface area contributed by atoms with Crippen LogP contribution in [0.3, 0.4) is 0 Å². The van der Waals surface area contributed by atoms with Crippen molar-refractivity contribution >= 4 is 12.1 Å². The first-order chi connectivity index (χ1) is 16.6. The van der Waals surface area contributed by atoms with E-state index in [4.69, 9.17) is 18.9 Å². The number of benzene rings is 2. The van der Waals surface area contributed by atoms with Gasteiger partial charge in [0.05, 0.1) is 12.1 Å². The molecule has 2 saturated heterocycles. The summed E-state index contributed by atoms with van der Waals surface area (Å²) in [5.41, 5.74) is 0.957. The second kappa shape index (κ2) is 7.09. The molecule has 34 heavy (non-hydrogen) atoms. The summed E-state index contributed by atoms with van der Waals surface area (Å²) in [6, 6.07) is 10.3. The summed E-state index contributed by atoms with van der Waals surface area (Å²) in [6.07, 6.45) is 2.66. The number of ether oxygens (including phenoxy) is 4. The molecular weight excluding hydrogens is 440 g/mol. The van der Waals surface area contributed by atoms with Crippen molar-refractivity contribution in [1.82, 2.24) is 21.3 Å². The van der Waals surface area contributed by atoms with Gasteiger partial charge in [0.1, 0.15) is 5.66 Å². The average Bonchev–Trinajstić information content (AvgIpc) is 3.50. The fourth-order valence-corrected chi connectivity index (χ4v) is 6.33. The van der Waals surface area contributed by atoms with Crippen LogP contribution >= 0.6 is 0 Å². The highest BCUT2D eigenvalue weighted by Crippen LogP contribution is 2.51. The highest BCUT2D eigenvalue weighted by atomic mass is 16.7. The molecule has 4 amide bonds. The van der Waals surface area contributed by atoms with E-state index >= 15 is 0 Å². The molecule has 4 unspecified atom stereocenters. The molecular formula is C24H24N4O6. The topological polar surface area (TPSA) is 119 Å². The first-order valence-electron chi connectivity index (χ1n) is 11.6. The molecule has 0 bridgehead atoms. The molecule has 4 aliphatic heterocycles. The highest BCUT2D eigenvalue weighted by molar-refractivity contribution is 5.82. The van der Waals surface area contributed by atoms with Gasteiger partial charge in [0.15, 0.2) is 23.0 Å². The van der Waals surface area contributed by atoms with E-state index < -0.39 is 5.66 Å². The van der Waals surface area contributed by atoms with Crippen molar-refractivity contribution in [2.45, 2.75) is 37.0 Å². The van der Waals surface area contributed by atoms with Gasteiger partial charge in [-0.3, -0.25) is 0 Å². The van der Waals surface area contributed by atoms with E-state index in [0.717, 1.165) is 30.4 Å². The Morgan fingerprint density at radius 1 is 0.676 bits per heavy atom. The molecule has 1 spiro atoms. The van der Waals surface area contributed by atoms with Gasteiger partial charge in [-0.15, -0.1) is 0 Å². The minimum absolute atomic E-state index is 0.0631. The van der Waals surface area contributed by atoms with Crippen molar-refractivity contribution in [1.29, 1.82) is 0 Å². The predicted octanol–water partition coefficient (Wildman–Crippen LogP) is 2.66. The Labute approximate surface area is 195 Å². The van der Waals surface area contributed by atoms with E-state index in [-0.39, 0.29) is 49.6 Å². The predicted molar refractivity (Wildman–Crippen MR) is 118 cm³/mol. The van der Waals surface area contributed by atoms with Crippen LogP contribution in [-0.2, 0) is 0 Å². The molecule has 0 aromatic heterocycles. The van der Waals surface area contributed by atoms with Gasteiger partial charge in [-0.05, 0) is 48.2 Å². The third-order valence-electron chi connectivity index (χ3n) is 7.73. The van der Waals surface area contributed by atoms with Gasteiger partial charge in [0.2, 0.25) is 13.6 Å². The van der Waals surface area contributed by atoms with Crippen LogP contribution in [-0.4, -0.2) is 31.3 Å². The molecule has 1 aliphatic carbocycles. The molecule has 10 nitrogen and oxygen atoms in total. The molecule has 1 saturated carbocycles. The standard InChI is InChI=1S/C24H24N4O6/c29-22-25-20(12-4-6-16-18(8-12)33-10-31-16)14-2-1-3-15-21(26-23(30)28-24(14,15)27-22)13-5-7-17-19(9-13)34-11-32-17/h4-9,14-15,20-21H,1-3,10-11H2,(H2,25,27,29)(H2,26,28,30). The fourth-order valence-electron chi connectivity index (χ4n) is 6.33. The smallest absolute Gasteiger partial charge is 0.317 e. The minimum Gasteiger partial charge on any atom is -0.454 e. The normalized spacial score (nSPS) is 32.5. The van der Waals surface area contributed by atoms with Gasteiger partial charge in [-0.1, -0.05) is 18.6 Å². The first-order valence-corrected chi connectivity index (χ1v) is 11.6. The molecule has 7 rings (SSSR count). The Kier molecular flexibility index (Phi) is 4.09. The lowest BCUT2D eigenvalue weighted by atomic mass is 9.62. The number of hydrogen-bond acceptors (Lipinski definition) is 6. The second-order valence-electron chi connectivity index (χ2n) is 9.39. The van der Waals surface area contributed by atoms with Crippen molar-refractivity contribution in [3.05, 3.63) is 47.5 Å². The summed E-state index contributed by atoms with van der Waals surface area (Å²) < 4.78 is 22.1. The Morgan fingerprint density at radius 3 is 1.65 bits per heavy atom. The third-order valence-corrected chi connectivity index (χ3v) is 7.73. The van der Waals surface area contributed by atoms with Gasteiger partial charge in [-0.25, -0.2) is 9.59 Å². The van der Waals surface area contributed by atoms with Crippen LogP contribution in [0.25, 0.3) is 0 Å². The molecule has 4 N–H and O–H groups in total. The van der Waals surface area contributed by atoms with Gasteiger partial charge >= 0.3 is 12.1 Å². The monoisotopic (exact) mass is 464 g/mol. The summed E-state index contributed by atoms with van der Waals surface area (Å²) in [4.78, 5) is 26.0. The van der Waals surface area contributed by atoms with Crippen molar-refractivity contribution < 1.29 is 28.5 Å². The maximum Gasteiger partial charge on any atom is 0.317 e. The van der Waals surface area contributed by atoms with Crippen LogP contribution in [0.1, 0.15) is 42.5 Å². The van der Waals surface area contributed by atoms with Crippen molar-refractivity contribution in [3.8, 4) is 23.0 Å². The lowest BCUT2D eigenvalue weighted by molar-refractivity contribution is -0.0124. The van der Waals surface area contributed by atoms with Gasteiger partial charge in [0, 0.05) is 11.8 Å².